The van der Waals surface area contributed by atoms with Crippen molar-refractivity contribution in [3.8, 4) is 0 Å². The molecule has 0 saturated carbocycles. The number of carbonyl (C=O) groups is 1. The van der Waals surface area contributed by atoms with E-state index in [1.165, 1.54) is 0 Å². The topological polar surface area (TPSA) is 55.1 Å². The molecule has 2 aromatic rings. The summed E-state index contributed by atoms with van der Waals surface area (Å²) in [5, 5.41) is 4.85. The number of nitrogens with two attached hydrogens (primary N) is 1. The maximum Gasteiger partial charge on any atom is 0.234 e. The van der Waals surface area contributed by atoms with Crippen LogP contribution in [0.15, 0.2) is 46.3 Å². The summed E-state index contributed by atoms with van der Waals surface area (Å²) < 4.78 is 1.01. The lowest BCUT2D eigenvalue weighted by Gasteiger charge is -2.15. The molecular weight excluding hydrogens is 356 g/mol. The molecule has 0 bridgehead atoms. The van der Waals surface area contributed by atoms with Crippen molar-refractivity contribution in [2.45, 2.75) is 12.5 Å². The Hall–Kier alpha value is -1.24. The van der Waals surface area contributed by atoms with Crippen molar-refractivity contribution in [2.24, 2.45) is 5.73 Å². The number of amides is 1. The van der Waals surface area contributed by atoms with Crippen LogP contribution in [0.1, 0.15) is 16.4 Å². The minimum Gasteiger partial charge on any atom is -0.392 e. The van der Waals surface area contributed by atoms with Gasteiger partial charge in [-0.3, -0.25) is 4.79 Å². The molecule has 0 fully saturated rings. The number of rotatable bonds is 5. The molecule has 0 radical (unpaired) electrons. The van der Waals surface area contributed by atoms with Gasteiger partial charge in [0.2, 0.25) is 5.91 Å². The van der Waals surface area contributed by atoms with Crippen LogP contribution in [0.2, 0.25) is 0 Å². The molecule has 2 rings (SSSR count). The standard InChI is InChI=1S/C14H13BrN2OS2/c15-10-6-11(20-8-10)7-17-14(18)12(13(16)19)9-4-2-1-3-5-9/h1-6,8,12H,7H2,(H2,16,19)(H,17,18). The predicted molar refractivity (Wildman–Crippen MR) is 89.8 cm³/mol. The number of thiophene rings is 1. The van der Waals surface area contributed by atoms with Gasteiger partial charge in [0.05, 0.1) is 11.5 Å². The van der Waals surface area contributed by atoms with Crippen molar-refractivity contribution in [3.05, 3.63) is 56.7 Å². The summed E-state index contributed by atoms with van der Waals surface area (Å²) in [6, 6.07) is 11.3. The molecule has 1 heterocycles. The summed E-state index contributed by atoms with van der Waals surface area (Å²) in [6.07, 6.45) is 0. The Bertz CT molecular complexity index is 613. The third-order valence-electron chi connectivity index (χ3n) is 2.74. The lowest BCUT2D eigenvalue weighted by atomic mass is 9.98. The Balaban J connectivity index is 2.06. The first-order valence-electron chi connectivity index (χ1n) is 5.93. The maximum absolute atomic E-state index is 12.3. The molecule has 0 aliphatic rings. The van der Waals surface area contributed by atoms with Gasteiger partial charge in [-0.15, -0.1) is 11.3 Å². The van der Waals surface area contributed by atoms with E-state index in [0.29, 0.717) is 6.54 Å². The second-order valence-corrected chi connectivity index (χ2v) is 6.58. The number of thiocarbonyl (C=S) groups is 1. The molecule has 1 unspecified atom stereocenters. The molecule has 104 valence electrons. The van der Waals surface area contributed by atoms with E-state index < -0.39 is 5.92 Å². The van der Waals surface area contributed by atoms with Crippen LogP contribution in [0.5, 0.6) is 0 Å². The molecule has 0 aliphatic heterocycles. The average molecular weight is 369 g/mol. The van der Waals surface area contributed by atoms with Crippen LogP contribution in [0, 0.1) is 0 Å². The number of hydrogen-bond acceptors (Lipinski definition) is 3. The molecule has 1 atom stereocenters. The van der Waals surface area contributed by atoms with Gasteiger partial charge >= 0.3 is 0 Å². The number of benzene rings is 1. The van der Waals surface area contributed by atoms with E-state index in [0.717, 1.165) is 14.9 Å². The molecule has 0 saturated heterocycles. The van der Waals surface area contributed by atoms with E-state index in [-0.39, 0.29) is 10.9 Å². The summed E-state index contributed by atoms with van der Waals surface area (Å²) in [5.74, 6) is -0.761. The van der Waals surface area contributed by atoms with Gasteiger partial charge in [0.15, 0.2) is 0 Å². The molecule has 3 N–H and O–H groups in total. The minimum absolute atomic E-state index is 0.173. The smallest absolute Gasteiger partial charge is 0.234 e. The van der Waals surface area contributed by atoms with Crippen LogP contribution >= 0.6 is 39.5 Å². The fourth-order valence-electron chi connectivity index (χ4n) is 1.81. The summed E-state index contributed by atoms with van der Waals surface area (Å²) >= 11 is 9.99. The summed E-state index contributed by atoms with van der Waals surface area (Å²) in [5.41, 5.74) is 6.52. The van der Waals surface area contributed by atoms with Gasteiger partial charge in [0.25, 0.3) is 0 Å². The molecular formula is C14H13BrN2OS2. The molecule has 20 heavy (non-hydrogen) atoms. The monoisotopic (exact) mass is 368 g/mol. The first-order valence-corrected chi connectivity index (χ1v) is 8.01. The lowest BCUT2D eigenvalue weighted by Crippen LogP contribution is -2.35. The Morgan fingerprint density at radius 1 is 1.40 bits per heavy atom. The second-order valence-electron chi connectivity index (χ2n) is 4.20. The molecule has 6 heteroatoms. The molecule has 1 aromatic heterocycles. The van der Waals surface area contributed by atoms with Gasteiger partial charge in [-0.05, 0) is 27.6 Å². The van der Waals surface area contributed by atoms with Crippen LogP contribution < -0.4 is 11.1 Å². The lowest BCUT2D eigenvalue weighted by molar-refractivity contribution is -0.121. The average Bonchev–Trinajstić information content (AvgIpc) is 2.83. The second kappa shape index (κ2) is 6.97. The van der Waals surface area contributed by atoms with E-state index in [2.05, 4.69) is 21.2 Å². The minimum atomic E-state index is -0.588. The van der Waals surface area contributed by atoms with Gasteiger partial charge in [0, 0.05) is 14.7 Å². The highest BCUT2D eigenvalue weighted by Gasteiger charge is 2.23. The summed E-state index contributed by atoms with van der Waals surface area (Å²) in [4.78, 5) is 13.5. The molecule has 1 aromatic carbocycles. The van der Waals surface area contributed by atoms with Gasteiger partial charge in [-0.25, -0.2) is 0 Å². The SMILES string of the molecule is NC(=S)C(C(=O)NCc1cc(Br)cs1)c1ccccc1. The Labute approximate surface area is 135 Å². The highest BCUT2D eigenvalue weighted by molar-refractivity contribution is 9.10. The zero-order valence-corrected chi connectivity index (χ0v) is 13.7. The van der Waals surface area contributed by atoms with Crippen molar-refractivity contribution in [1.29, 1.82) is 0 Å². The molecule has 0 aliphatic carbocycles. The van der Waals surface area contributed by atoms with Crippen molar-refractivity contribution in [2.75, 3.05) is 0 Å². The first kappa shape index (κ1) is 15.2. The highest BCUT2D eigenvalue weighted by atomic mass is 79.9. The van der Waals surface area contributed by atoms with Gasteiger partial charge < -0.3 is 11.1 Å². The Kier molecular flexibility index (Phi) is 5.28. The van der Waals surface area contributed by atoms with Crippen LogP contribution in [0.3, 0.4) is 0 Å². The number of nitrogens with one attached hydrogen (secondary N) is 1. The van der Waals surface area contributed by atoms with E-state index in [1.807, 2.05) is 41.8 Å². The van der Waals surface area contributed by atoms with E-state index >= 15 is 0 Å². The van der Waals surface area contributed by atoms with Crippen LogP contribution in [0.4, 0.5) is 0 Å². The van der Waals surface area contributed by atoms with E-state index in [1.54, 1.807) is 11.3 Å². The number of hydrogen-bond donors (Lipinski definition) is 2. The van der Waals surface area contributed by atoms with Crippen molar-refractivity contribution in [1.82, 2.24) is 5.32 Å². The quantitative estimate of drug-likeness (QED) is 0.796. The maximum atomic E-state index is 12.3. The summed E-state index contributed by atoms with van der Waals surface area (Å²) in [7, 11) is 0. The zero-order chi connectivity index (χ0) is 14.5. The van der Waals surface area contributed by atoms with Gasteiger partial charge in [0.1, 0.15) is 5.92 Å². The van der Waals surface area contributed by atoms with Crippen molar-refractivity contribution < 1.29 is 4.79 Å². The Morgan fingerprint density at radius 2 is 2.10 bits per heavy atom. The highest BCUT2D eigenvalue weighted by Crippen LogP contribution is 2.20. The van der Waals surface area contributed by atoms with Crippen LogP contribution in [-0.4, -0.2) is 10.9 Å². The largest absolute Gasteiger partial charge is 0.392 e. The Morgan fingerprint density at radius 3 is 2.65 bits per heavy atom. The predicted octanol–water partition coefficient (Wildman–Crippen LogP) is 3.20. The fraction of sp³-hybridized carbons (Fsp3) is 0.143. The normalized spacial score (nSPS) is 11.8. The van der Waals surface area contributed by atoms with E-state index in [9.17, 15) is 4.79 Å². The third-order valence-corrected chi connectivity index (χ3v) is 4.67. The fourth-order valence-corrected chi connectivity index (χ4v) is 3.45. The third kappa shape index (κ3) is 3.88. The van der Waals surface area contributed by atoms with E-state index in [4.69, 9.17) is 18.0 Å². The van der Waals surface area contributed by atoms with Crippen molar-refractivity contribution >= 4 is 50.4 Å². The number of halogens is 1. The van der Waals surface area contributed by atoms with Gasteiger partial charge in [-0.2, -0.15) is 0 Å². The number of carbonyl (C=O) groups excluding carboxylic acids is 1. The zero-order valence-electron chi connectivity index (χ0n) is 10.5. The summed E-state index contributed by atoms with van der Waals surface area (Å²) in [6.45, 7) is 0.473. The van der Waals surface area contributed by atoms with Crippen LogP contribution in [-0.2, 0) is 11.3 Å². The van der Waals surface area contributed by atoms with Crippen LogP contribution in [0.25, 0.3) is 0 Å². The molecule has 3 nitrogen and oxygen atoms in total. The van der Waals surface area contributed by atoms with Gasteiger partial charge in [-0.1, -0.05) is 42.5 Å². The first-order chi connectivity index (χ1) is 9.58. The molecule has 1 amide bonds. The van der Waals surface area contributed by atoms with Crippen molar-refractivity contribution in [3.63, 3.8) is 0 Å². The molecule has 0 spiro atoms.